The molecule has 1 aliphatic heterocycles. The standard InChI is InChI=1S/C23H19F4N3O3S/c24-17-8-6-16(14-20(17)27)28-23(31)15-5-7-19(26)22(13-15)34(32,33)30-11-9-29(10-12-30)21-4-2-1-3-18(21)25/h1-8,13-14H,9-12H2,(H,28,31). The fourth-order valence-electron chi connectivity index (χ4n) is 3.64. The van der Waals surface area contributed by atoms with E-state index in [1.165, 1.54) is 6.07 Å². The molecule has 4 rings (SSSR count). The number of carbonyl (C=O) groups is 1. The van der Waals surface area contributed by atoms with E-state index in [-0.39, 0.29) is 37.4 Å². The summed E-state index contributed by atoms with van der Waals surface area (Å²) in [7, 11) is -4.30. The van der Waals surface area contributed by atoms with Crippen LogP contribution < -0.4 is 10.2 Å². The van der Waals surface area contributed by atoms with Gasteiger partial charge in [-0.1, -0.05) is 12.1 Å². The molecule has 0 saturated carbocycles. The average Bonchev–Trinajstić information content (AvgIpc) is 2.82. The second-order valence-corrected chi connectivity index (χ2v) is 9.48. The van der Waals surface area contributed by atoms with Gasteiger partial charge in [0.05, 0.1) is 5.69 Å². The number of amides is 1. The molecule has 1 saturated heterocycles. The van der Waals surface area contributed by atoms with Crippen molar-refractivity contribution in [3.63, 3.8) is 0 Å². The molecule has 1 heterocycles. The van der Waals surface area contributed by atoms with E-state index in [1.807, 2.05) is 0 Å². The summed E-state index contributed by atoms with van der Waals surface area (Å²) in [5.41, 5.74) is 0.109. The Morgan fingerprint density at radius 1 is 0.765 bits per heavy atom. The highest BCUT2D eigenvalue weighted by atomic mass is 32.2. The zero-order valence-corrected chi connectivity index (χ0v) is 18.5. The Labute approximate surface area is 193 Å². The second kappa shape index (κ2) is 9.43. The van der Waals surface area contributed by atoms with Gasteiger partial charge in [-0.3, -0.25) is 4.79 Å². The largest absolute Gasteiger partial charge is 0.367 e. The minimum absolute atomic E-state index is 0.0125. The minimum atomic E-state index is -4.30. The number of halogens is 4. The minimum Gasteiger partial charge on any atom is -0.367 e. The summed E-state index contributed by atoms with van der Waals surface area (Å²) in [6.07, 6.45) is 0. The number of nitrogens with one attached hydrogen (secondary N) is 1. The smallest absolute Gasteiger partial charge is 0.255 e. The van der Waals surface area contributed by atoms with Crippen LogP contribution in [-0.2, 0) is 10.0 Å². The summed E-state index contributed by atoms with van der Waals surface area (Å²) in [4.78, 5) is 13.5. The van der Waals surface area contributed by atoms with E-state index in [9.17, 15) is 30.8 Å². The fraction of sp³-hybridized carbons (Fsp3) is 0.174. The molecule has 1 fully saturated rings. The Balaban J connectivity index is 1.52. The number of para-hydroxylation sites is 1. The molecule has 0 aromatic heterocycles. The highest BCUT2D eigenvalue weighted by molar-refractivity contribution is 7.89. The van der Waals surface area contributed by atoms with Gasteiger partial charge in [0.1, 0.15) is 16.5 Å². The number of nitrogens with zero attached hydrogens (tertiary/aromatic N) is 2. The lowest BCUT2D eigenvalue weighted by Crippen LogP contribution is -2.49. The Morgan fingerprint density at radius 3 is 2.12 bits per heavy atom. The molecule has 3 aromatic carbocycles. The van der Waals surface area contributed by atoms with Gasteiger partial charge >= 0.3 is 0 Å². The zero-order valence-electron chi connectivity index (χ0n) is 17.6. The number of sulfonamides is 1. The van der Waals surface area contributed by atoms with Crippen molar-refractivity contribution in [2.45, 2.75) is 4.90 Å². The topological polar surface area (TPSA) is 69.7 Å². The van der Waals surface area contributed by atoms with Crippen LogP contribution in [0, 0.1) is 23.3 Å². The van der Waals surface area contributed by atoms with Crippen molar-refractivity contribution < 1.29 is 30.8 Å². The van der Waals surface area contributed by atoms with Gasteiger partial charge in [0.15, 0.2) is 11.6 Å². The van der Waals surface area contributed by atoms with Crippen molar-refractivity contribution in [1.82, 2.24) is 4.31 Å². The van der Waals surface area contributed by atoms with Crippen molar-refractivity contribution >= 4 is 27.3 Å². The van der Waals surface area contributed by atoms with E-state index in [4.69, 9.17) is 0 Å². The molecule has 178 valence electrons. The summed E-state index contributed by atoms with van der Waals surface area (Å²) in [5.74, 6) is -4.56. The van der Waals surface area contributed by atoms with Crippen LogP contribution in [0.1, 0.15) is 10.4 Å². The van der Waals surface area contributed by atoms with Crippen LogP contribution in [0.25, 0.3) is 0 Å². The van der Waals surface area contributed by atoms with Crippen molar-refractivity contribution in [1.29, 1.82) is 0 Å². The third-order valence-electron chi connectivity index (χ3n) is 5.42. The molecule has 1 N–H and O–H groups in total. The number of hydrogen-bond acceptors (Lipinski definition) is 4. The van der Waals surface area contributed by atoms with Gasteiger partial charge in [0, 0.05) is 43.5 Å². The van der Waals surface area contributed by atoms with Gasteiger partial charge in [-0.05, 0) is 42.5 Å². The summed E-state index contributed by atoms with van der Waals surface area (Å²) < 4.78 is 82.3. The molecular weight excluding hydrogens is 474 g/mol. The van der Waals surface area contributed by atoms with Crippen molar-refractivity contribution in [2.75, 3.05) is 36.4 Å². The first kappa shape index (κ1) is 23.7. The first-order valence-corrected chi connectivity index (χ1v) is 11.7. The van der Waals surface area contributed by atoms with Crippen LogP contribution in [0.15, 0.2) is 65.6 Å². The predicted octanol–water partition coefficient (Wildman–Crippen LogP) is 4.01. The Kier molecular flexibility index (Phi) is 6.58. The summed E-state index contributed by atoms with van der Waals surface area (Å²) >= 11 is 0. The zero-order chi connectivity index (χ0) is 24.5. The van der Waals surface area contributed by atoms with Crippen molar-refractivity contribution in [3.8, 4) is 0 Å². The molecule has 0 atom stereocenters. The molecule has 3 aromatic rings. The molecule has 1 amide bonds. The van der Waals surface area contributed by atoms with Crippen LogP contribution in [0.2, 0.25) is 0 Å². The molecule has 0 unspecified atom stereocenters. The van der Waals surface area contributed by atoms with Crippen LogP contribution in [0.3, 0.4) is 0 Å². The second-order valence-electron chi connectivity index (χ2n) is 7.57. The van der Waals surface area contributed by atoms with E-state index in [0.29, 0.717) is 5.69 Å². The number of rotatable bonds is 5. The fourth-order valence-corrected chi connectivity index (χ4v) is 5.15. The maximum atomic E-state index is 14.5. The molecule has 0 aliphatic carbocycles. The molecule has 0 radical (unpaired) electrons. The Hall–Kier alpha value is -3.44. The number of hydrogen-bond donors (Lipinski definition) is 1. The number of piperazine rings is 1. The molecule has 11 heteroatoms. The first-order valence-electron chi connectivity index (χ1n) is 10.2. The number of anilines is 2. The number of carbonyl (C=O) groups excluding carboxylic acids is 1. The molecule has 1 aliphatic rings. The third-order valence-corrected chi connectivity index (χ3v) is 7.33. The first-order chi connectivity index (χ1) is 16.2. The highest BCUT2D eigenvalue weighted by Gasteiger charge is 2.32. The van der Waals surface area contributed by atoms with Gasteiger partial charge in [-0.15, -0.1) is 0 Å². The van der Waals surface area contributed by atoms with Crippen LogP contribution in [-0.4, -0.2) is 44.8 Å². The Bertz CT molecular complexity index is 1340. The summed E-state index contributed by atoms with van der Waals surface area (Å²) in [6, 6.07) is 11.7. The lowest BCUT2D eigenvalue weighted by atomic mass is 10.2. The van der Waals surface area contributed by atoms with E-state index in [1.54, 1.807) is 23.1 Å². The SMILES string of the molecule is O=C(Nc1ccc(F)c(F)c1)c1ccc(F)c(S(=O)(=O)N2CCN(c3ccccc3F)CC2)c1. The van der Waals surface area contributed by atoms with Crippen LogP contribution in [0.5, 0.6) is 0 Å². The van der Waals surface area contributed by atoms with Gasteiger partial charge in [0.25, 0.3) is 5.91 Å². The number of benzene rings is 3. The molecule has 34 heavy (non-hydrogen) atoms. The average molecular weight is 493 g/mol. The highest BCUT2D eigenvalue weighted by Crippen LogP contribution is 2.25. The van der Waals surface area contributed by atoms with Crippen molar-refractivity contribution in [3.05, 3.63) is 89.5 Å². The lowest BCUT2D eigenvalue weighted by molar-refractivity contribution is 0.102. The van der Waals surface area contributed by atoms with E-state index >= 15 is 0 Å². The summed E-state index contributed by atoms with van der Waals surface area (Å²) in [6.45, 7) is 0.360. The van der Waals surface area contributed by atoms with E-state index < -0.39 is 44.1 Å². The van der Waals surface area contributed by atoms with Crippen molar-refractivity contribution in [2.24, 2.45) is 0 Å². The molecule has 0 bridgehead atoms. The van der Waals surface area contributed by atoms with Crippen LogP contribution >= 0.6 is 0 Å². The van der Waals surface area contributed by atoms with Gasteiger partial charge in [-0.2, -0.15) is 4.31 Å². The lowest BCUT2D eigenvalue weighted by Gasteiger charge is -2.35. The normalized spacial score (nSPS) is 14.8. The quantitative estimate of drug-likeness (QED) is 0.546. The maximum Gasteiger partial charge on any atom is 0.255 e. The Morgan fingerprint density at radius 2 is 1.44 bits per heavy atom. The predicted molar refractivity (Wildman–Crippen MR) is 118 cm³/mol. The third kappa shape index (κ3) is 4.75. The van der Waals surface area contributed by atoms with Gasteiger partial charge < -0.3 is 10.2 Å². The molecule has 0 spiro atoms. The monoisotopic (exact) mass is 493 g/mol. The molecular formula is C23H19F4N3O3S. The van der Waals surface area contributed by atoms with Gasteiger partial charge in [0.2, 0.25) is 10.0 Å². The summed E-state index contributed by atoms with van der Waals surface area (Å²) in [5, 5.41) is 2.31. The van der Waals surface area contributed by atoms with Gasteiger partial charge in [-0.25, -0.2) is 26.0 Å². The molecule has 6 nitrogen and oxygen atoms in total. The maximum absolute atomic E-state index is 14.5. The van der Waals surface area contributed by atoms with E-state index in [0.717, 1.165) is 40.7 Å². The van der Waals surface area contributed by atoms with E-state index in [2.05, 4.69) is 5.32 Å². The van der Waals surface area contributed by atoms with Crippen LogP contribution in [0.4, 0.5) is 28.9 Å².